The monoisotopic (exact) mass is 415 g/mol. The SMILES string of the molecule is Cc1csc2nc(CSc3nnc(Cc4cccs4)n3C3CC3)cc(=O)n12. The molecular weight excluding hydrogens is 398 g/mol. The van der Waals surface area contributed by atoms with Crippen LogP contribution in [0.2, 0.25) is 0 Å². The molecule has 0 saturated heterocycles. The number of fused-ring (bicyclic) bond motifs is 1. The molecule has 0 amide bonds. The Balaban J connectivity index is 1.39. The van der Waals surface area contributed by atoms with E-state index in [0.29, 0.717) is 11.8 Å². The van der Waals surface area contributed by atoms with Gasteiger partial charge in [-0.2, -0.15) is 0 Å². The second-order valence-corrected chi connectivity index (χ2v) is 9.44. The number of aromatic nitrogens is 5. The molecule has 1 aliphatic rings. The van der Waals surface area contributed by atoms with Crippen LogP contribution < -0.4 is 5.56 Å². The second kappa shape index (κ2) is 6.88. The van der Waals surface area contributed by atoms with Crippen LogP contribution in [0.4, 0.5) is 0 Å². The fourth-order valence-corrected chi connectivity index (χ4v) is 5.62. The molecule has 6 nitrogen and oxygen atoms in total. The van der Waals surface area contributed by atoms with Gasteiger partial charge in [0.15, 0.2) is 10.1 Å². The lowest BCUT2D eigenvalue weighted by molar-refractivity contribution is 0.635. The molecule has 0 bridgehead atoms. The summed E-state index contributed by atoms with van der Waals surface area (Å²) in [6, 6.07) is 6.35. The van der Waals surface area contributed by atoms with Crippen molar-refractivity contribution in [3.63, 3.8) is 0 Å². The van der Waals surface area contributed by atoms with Gasteiger partial charge in [0, 0.05) is 40.2 Å². The summed E-state index contributed by atoms with van der Waals surface area (Å²) in [5.74, 6) is 1.65. The van der Waals surface area contributed by atoms with Crippen molar-refractivity contribution in [2.24, 2.45) is 0 Å². The highest BCUT2D eigenvalue weighted by molar-refractivity contribution is 7.98. The lowest BCUT2D eigenvalue weighted by atomic mass is 10.3. The standard InChI is InChI=1S/C18H17N5OS3/c1-11-9-26-17-19-12(7-16(24)22(11)17)10-27-18-21-20-15(23(18)13-4-5-13)8-14-3-2-6-25-14/h2-3,6-7,9,13H,4-5,8,10H2,1H3. The predicted octanol–water partition coefficient (Wildman–Crippen LogP) is 3.94. The van der Waals surface area contributed by atoms with Crippen LogP contribution in [0.1, 0.15) is 41.0 Å². The number of thiophene rings is 1. The molecule has 4 aromatic heterocycles. The summed E-state index contributed by atoms with van der Waals surface area (Å²) >= 11 is 4.86. The molecule has 4 heterocycles. The normalized spacial score (nSPS) is 14.3. The molecule has 138 valence electrons. The van der Waals surface area contributed by atoms with Crippen LogP contribution in [0.15, 0.2) is 38.9 Å². The van der Waals surface area contributed by atoms with Crippen LogP contribution >= 0.6 is 34.4 Å². The fourth-order valence-electron chi connectivity index (χ4n) is 3.11. The molecule has 1 aliphatic carbocycles. The lowest BCUT2D eigenvalue weighted by Gasteiger charge is -2.08. The van der Waals surface area contributed by atoms with Crippen LogP contribution in [0.3, 0.4) is 0 Å². The summed E-state index contributed by atoms with van der Waals surface area (Å²) in [5, 5.41) is 13.9. The molecule has 9 heteroatoms. The molecule has 0 N–H and O–H groups in total. The minimum atomic E-state index is -0.0172. The molecule has 1 fully saturated rings. The Morgan fingerprint density at radius 1 is 1.30 bits per heavy atom. The average molecular weight is 416 g/mol. The zero-order valence-corrected chi connectivity index (χ0v) is 17.1. The molecule has 0 aromatic carbocycles. The third-order valence-electron chi connectivity index (χ3n) is 4.54. The van der Waals surface area contributed by atoms with E-state index in [4.69, 9.17) is 0 Å². The summed E-state index contributed by atoms with van der Waals surface area (Å²) in [7, 11) is 0. The van der Waals surface area contributed by atoms with Crippen molar-refractivity contribution < 1.29 is 0 Å². The largest absolute Gasteiger partial charge is 0.303 e. The maximum atomic E-state index is 12.3. The van der Waals surface area contributed by atoms with Gasteiger partial charge in [0.1, 0.15) is 5.82 Å². The van der Waals surface area contributed by atoms with Crippen LogP contribution in [-0.4, -0.2) is 24.1 Å². The molecule has 0 aliphatic heterocycles. The van der Waals surface area contributed by atoms with Crippen molar-refractivity contribution >= 4 is 39.4 Å². The first-order valence-corrected chi connectivity index (χ1v) is 11.5. The van der Waals surface area contributed by atoms with Gasteiger partial charge < -0.3 is 4.57 Å². The maximum Gasteiger partial charge on any atom is 0.258 e. The van der Waals surface area contributed by atoms with Gasteiger partial charge in [-0.1, -0.05) is 17.8 Å². The van der Waals surface area contributed by atoms with Crippen LogP contribution in [0.5, 0.6) is 0 Å². The van der Waals surface area contributed by atoms with Gasteiger partial charge in [-0.05, 0) is 31.2 Å². The average Bonchev–Trinajstić information content (AvgIpc) is 3.04. The van der Waals surface area contributed by atoms with E-state index in [0.717, 1.165) is 33.8 Å². The van der Waals surface area contributed by atoms with Crippen molar-refractivity contribution in [2.75, 3.05) is 0 Å². The molecule has 0 atom stereocenters. The summed E-state index contributed by atoms with van der Waals surface area (Å²) in [6.07, 6.45) is 3.19. The van der Waals surface area contributed by atoms with Gasteiger partial charge >= 0.3 is 0 Å². The van der Waals surface area contributed by atoms with Crippen molar-refractivity contribution in [1.29, 1.82) is 0 Å². The van der Waals surface area contributed by atoms with Gasteiger partial charge in [-0.15, -0.1) is 32.9 Å². The first-order valence-electron chi connectivity index (χ1n) is 8.75. The lowest BCUT2D eigenvalue weighted by Crippen LogP contribution is -2.14. The van der Waals surface area contributed by atoms with E-state index in [1.807, 2.05) is 12.3 Å². The smallest absolute Gasteiger partial charge is 0.258 e. The topological polar surface area (TPSA) is 65.1 Å². The summed E-state index contributed by atoms with van der Waals surface area (Å²) < 4.78 is 3.94. The highest BCUT2D eigenvalue weighted by atomic mass is 32.2. The van der Waals surface area contributed by atoms with Crippen LogP contribution in [0.25, 0.3) is 4.96 Å². The molecule has 0 radical (unpaired) electrons. The van der Waals surface area contributed by atoms with E-state index >= 15 is 0 Å². The first-order chi connectivity index (χ1) is 13.2. The number of nitrogens with zero attached hydrogens (tertiary/aromatic N) is 5. The molecule has 4 aromatic rings. The number of thiazole rings is 1. The van der Waals surface area contributed by atoms with Gasteiger partial charge in [0.2, 0.25) is 0 Å². The number of aryl methyl sites for hydroxylation is 1. The van der Waals surface area contributed by atoms with Gasteiger partial charge in [0.05, 0.1) is 5.69 Å². The minimum Gasteiger partial charge on any atom is -0.303 e. The highest BCUT2D eigenvalue weighted by Gasteiger charge is 2.29. The van der Waals surface area contributed by atoms with E-state index in [1.54, 1.807) is 33.6 Å². The number of thioether (sulfide) groups is 1. The number of hydrogen-bond donors (Lipinski definition) is 0. The van der Waals surface area contributed by atoms with Gasteiger partial charge in [-0.3, -0.25) is 9.20 Å². The van der Waals surface area contributed by atoms with E-state index in [2.05, 4.69) is 37.3 Å². The van der Waals surface area contributed by atoms with Gasteiger partial charge in [0.25, 0.3) is 5.56 Å². The van der Waals surface area contributed by atoms with Crippen molar-refractivity contribution in [3.8, 4) is 0 Å². The third kappa shape index (κ3) is 3.35. The Morgan fingerprint density at radius 3 is 2.96 bits per heavy atom. The van der Waals surface area contributed by atoms with E-state index in [9.17, 15) is 4.79 Å². The zero-order valence-electron chi connectivity index (χ0n) is 14.7. The molecule has 0 spiro atoms. The Labute approximate surface area is 167 Å². The second-order valence-electron chi connectivity index (χ2n) is 6.63. The van der Waals surface area contributed by atoms with E-state index in [1.165, 1.54) is 29.1 Å². The number of hydrogen-bond acceptors (Lipinski definition) is 7. The Bertz CT molecular complexity index is 1150. The molecule has 1 saturated carbocycles. The molecule has 0 unspecified atom stereocenters. The van der Waals surface area contributed by atoms with Crippen LogP contribution in [0, 0.1) is 6.92 Å². The van der Waals surface area contributed by atoms with E-state index in [-0.39, 0.29) is 5.56 Å². The Hall–Kier alpha value is -1.97. The summed E-state index contributed by atoms with van der Waals surface area (Å²) in [6.45, 7) is 1.92. The Kier molecular flexibility index (Phi) is 4.37. The number of rotatable bonds is 6. The fraction of sp³-hybridized carbons (Fsp3) is 0.333. The van der Waals surface area contributed by atoms with Crippen LogP contribution in [-0.2, 0) is 12.2 Å². The quantitative estimate of drug-likeness (QED) is 0.446. The zero-order chi connectivity index (χ0) is 18.4. The minimum absolute atomic E-state index is 0.0172. The molecule has 27 heavy (non-hydrogen) atoms. The first kappa shape index (κ1) is 17.2. The summed E-state index contributed by atoms with van der Waals surface area (Å²) in [4.78, 5) is 19.0. The third-order valence-corrected chi connectivity index (χ3v) is 7.33. The summed E-state index contributed by atoms with van der Waals surface area (Å²) in [5.41, 5.74) is 1.70. The molecule has 5 rings (SSSR count). The van der Waals surface area contributed by atoms with E-state index < -0.39 is 0 Å². The predicted molar refractivity (Wildman–Crippen MR) is 109 cm³/mol. The Morgan fingerprint density at radius 2 is 2.19 bits per heavy atom. The van der Waals surface area contributed by atoms with Crippen molar-refractivity contribution in [1.82, 2.24) is 24.1 Å². The molecular formula is C18H17N5OS3. The highest BCUT2D eigenvalue weighted by Crippen LogP contribution is 2.39. The maximum absolute atomic E-state index is 12.3. The van der Waals surface area contributed by atoms with Crippen molar-refractivity contribution in [2.45, 2.75) is 43.1 Å². The van der Waals surface area contributed by atoms with Crippen molar-refractivity contribution in [3.05, 3.63) is 61.4 Å². The van der Waals surface area contributed by atoms with Gasteiger partial charge in [-0.25, -0.2) is 4.98 Å².